The van der Waals surface area contributed by atoms with Gasteiger partial charge in [-0.2, -0.15) is 0 Å². The van der Waals surface area contributed by atoms with Crippen molar-refractivity contribution in [2.45, 2.75) is 26.2 Å². The highest BCUT2D eigenvalue weighted by molar-refractivity contribution is 6.11. The fourth-order valence-corrected chi connectivity index (χ4v) is 2.05. The zero-order chi connectivity index (χ0) is 11.1. The number of amides is 1. The van der Waals surface area contributed by atoms with E-state index in [2.05, 4.69) is 10.3 Å². The molecule has 0 radical (unpaired) electrons. The zero-order valence-electron chi connectivity index (χ0n) is 9.29. The van der Waals surface area contributed by atoms with E-state index in [0.717, 1.165) is 17.1 Å². The summed E-state index contributed by atoms with van der Waals surface area (Å²) < 4.78 is 0. The molecule has 2 aliphatic rings. The topological polar surface area (TPSA) is 41.5 Å². The van der Waals surface area contributed by atoms with Gasteiger partial charge in [-0.1, -0.05) is 6.07 Å². The lowest BCUT2D eigenvalue weighted by Crippen LogP contribution is -2.15. The molecule has 3 rings (SSSR count). The maximum Gasteiger partial charge on any atom is 0.230 e. The summed E-state index contributed by atoms with van der Waals surface area (Å²) in [7, 11) is 0. The number of hydrogen-bond acceptors (Lipinski definition) is 2. The van der Waals surface area contributed by atoms with Crippen LogP contribution >= 0.6 is 0 Å². The molecule has 0 spiro atoms. The molecule has 82 valence electrons. The van der Waals surface area contributed by atoms with Crippen molar-refractivity contribution in [2.75, 3.05) is 5.32 Å². The number of benzene rings is 1. The Labute approximate surface area is 94.6 Å². The first-order valence-electron chi connectivity index (χ1n) is 5.70. The second-order valence-electron chi connectivity index (χ2n) is 4.62. The summed E-state index contributed by atoms with van der Waals surface area (Å²) in [5.41, 5.74) is 3.98. The zero-order valence-corrected chi connectivity index (χ0v) is 9.29. The van der Waals surface area contributed by atoms with Gasteiger partial charge in [-0.05, 0) is 43.4 Å². The molecule has 0 unspecified atom stereocenters. The summed E-state index contributed by atoms with van der Waals surface area (Å²) in [6.45, 7) is 2.04. The van der Waals surface area contributed by atoms with Gasteiger partial charge in [-0.15, -0.1) is 0 Å². The second kappa shape index (κ2) is 3.44. The van der Waals surface area contributed by atoms with Gasteiger partial charge in [-0.3, -0.25) is 9.79 Å². The van der Waals surface area contributed by atoms with Crippen LogP contribution in [0.3, 0.4) is 0 Å². The van der Waals surface area contributed by atoms with Crippen LogP contribution in [0, 0.1) is 12.8 Å². The monoisotopic (exact) mass is 214 g/mol. The molecule has 3 nitrogen and oxygen atoms in total. The molecule has 1 heterocycles. The lowest BCUT2D eigenvalue weighted by Gasteiger charge is -2.04. The molecule has 1 aromatic carbocycles. The number of carbonyl (C=O) groups excluding carboxylic acids is 1. The average Bonchev–Trinajstić information content (AvgIpc) is 3.02. The number of anilines is 1. The minimum atomic E-state index is 0.0632. The first kappa shape index (κ1) is 9.58. The molecule has 16 heavy (non-hydrogen) atoms. The molecule has 1 N–H and O–H groups in total. The van der Waals surface area contributed by atoms with Gasteiger partial charge in [0.15, 0.2) is 0 Å². The highest BCUT2D eigenvalue weighted by atomic mass is 16.1. The number of aliphatic imine (C=N–C) groups is 1. The van der Waals surface area contributed by atoms with E-state index >= 15 is 0 Å². The Hall–Kier alpha value is -1.64. The van der Waals surface area contributed by atoms with E-state index < -0.39 is 0 Å². The molecule has 1 fully saturated rings. The average molecular weight is 214 g/mol. The largest absolute Gasteiger partial charge is 0.324 e. The molecular weight excluding hydrogens is 200 g/mol. The maximum atomic E-state index is 11.7. The molecule has 1 aliphatic carbocycles. The van der Waals surface area contributed by atoms with Crippen molar-refractivity contribution >= 4 is 23.0 Å². The van der Waals surface area contributed by atoms with Crippen molar-refractivity contribution < 1.29 is 4.79 Å². The van der Waals surface area contributed by atoms with E-state index in [1.54, 1.807) is 0 Å². The van der Waals surface area contributed by atoms with Gasteiger partial charge >= 0.3 is 0 Å². The quantitative estimate of drug-likeness (QED) is 0.767. The first-order valence-corrected chi connectivity index (χ1v) is 5.70. The highest BCUT2D eigenvalue weighted by Crippen LogP contribution is 2.37. The fraction of sp³-hybridized carbons (Fsp3) is 0.385. The third-order valence-corrected chi connectivity index (χ3v) is 3.08. The molecule has 0 bridgehead atoms. The first-order chi connectivity index (χ1) is 7.72. The number of fused-ring (bicyclic) bond motifs is 1. The lowest BCUT2D eigenvalue weighted by atomic mass is 10.1. The summed E-state index contributed by atoms with van der Waals surface area (Å²) in [6, 6.07) is 5.96. The van der Waals surface area contributed by atoms with E-state index in [1.165, 1.54) is 18.4 Å². The molecule has 3 heteroatoms. The van der Waals surface area contributed by atoms with E-state index in [0.29, 0.717) is 12.3 Å². The summed E-state index contributed by atoms with van der Waals surface area (Å²) in [6.07, 6.45) is 2.83. The Morgan fingerprint density at radius 1 is 1.38 bits per heavy atom. The van der Waals surface area contributed by atoms with Crippen molar-refractivity contribution in [3.8, 4) is 0 Å². The van der Waals surface area contributed by atoms with Crippen LogP contribution in [0.2, 0.25) is 0 Å². The minimum Gasteiger partial charge on any atom is -0.324 e. The maximum absolute atomic E-state index is 11.7. The number of aryl methyl sites for hydroxylation is 1. The Morgan fingerprint density at radius 2 is 2.19 bits per heavy atom. The number of hydrogen-bond donors (Lipinski definition) is 1. The van der Waals surface area contributed by atoms with Crippen LogP contribution in [-0.4, -0.2) is 11.6 Å². The molecule has 1 saturated carbocycles. The van der Waals surface area contributed by atoms with Crippen LogP contribution in [0.5, 0.6) is 0 Å². The van der Waals surface area contributed by atoms with Gasteiger partial charge in [0.05, 0.1) is 17.8 Å². The van der Waals surface area contributed by atoms with Crippen LogP contribution < -0.4 is 5.32 Å². The number of rotatable bonds is 1. The van der Waals surface area contributed by atoms with Crippen molar-refractivity contribution in [1.29, 1.82) is 0 Å². The molecule has 0 saturated heterocycles. The van der Waals surface area contributed by atoms with Crippen molar-refractivity contribution in [3.05, 3.63) is 23.8 Å². The molecule has 0 aromatic heterocycles. The van der Waals surface area contributed by atoms with Gasteiger partial charge in [0.1, 0.15) is 0 Å². The van der Waals surface area contributed by atoms with Crippen molar-refractivity contribution in [2.24, 2.45) is 10.9 Å². The normalized spacial score (nSPS) is 19.6. The van der Waals surface area contributed by atoms with Crippen LogP contribution in [0.4, 0.5) is 11.4 Å². The summed E-state index contributed by atoms with van der Waals surface area (Å²) >= 11 is 0. The van der Waals surface area contributed by atoms with E-state index in [4.69, 9.17) is 0 Å². The summed E-state index contributed by atoms with van der Waals surface area (Å²) in [5, 5.41) is 2.91. The Bertz CT molecular complexity index is 487. The molecule has 1 aliphatic heterocycles. The van der Waals surface area contributed by atoms with Gasteiger partial charge in [-0.25, -0.2) is 0 Å². The second-order valence-corrected chi connectivity index (χ2v) is 4.62. The standard InChI is InChI=1S/C13H14N2O/c1-8-2-5-10-12(6-8)14-11(9-3-4-9)7-13(16)15-10/h2,5-6,9H,3-4,7H2,1H3,(H,15,16). The van der Waals surface area contributed by atoms with Gasteiger partial charge in [0.2, 0.25) is 5.91 Å². The Morgan fingerprint density at radius 3 is 2.94 bits per heavy atom. The minimum absolute atomic E-state index is 0.0632. The Kier molecular flexibility index (Phi) is 2.06. The van der Waals surface area contributed by atoms with E-state index in [9.17, 15) is 4.79 Å². The smallest absolute Gasteiger partial charge is 0.230 e. The molecule has 1 aromatic rings. The van der Waals surface area contributed by atoms with Crippen LogP contribution in [0.25, 0.3) is 0 Å². The highest BCUT2D eigenvalue weighted by Gasteiger charge is 2.30. The van der Waals surface area contributed by atoms with Gasteiger partial charge < -0.3 is 5.32 Å². The third kappa shape index (κ3) is 1.73. The lowest BCUT2D eigenvalue weighted by molar-refractivity contribution is -0.115. The molecular formula is C13H14N2O. The van der Waals surface area contributed by atoms with E-state index in [-0.39, 0.29) is 5.91 Å². The van der Waals surface area contributed by atoms with Gasteiger partial charge in [0.25, 0.3) is 0 Å². The van der Waals surface area contributed by atoms with Crippen molar-refractivity contribution in [3.63, 3.8) is 0 Å². The molecule has 1 amide bonds. The van der Waals surface area contributed by atoms with Crippen molar-refractivity contribution in [1.82, 2.24) is 0 Å². The van der Waals surface area contributed by atoms with E-state index in [1.807, 2.05) is 25.1 Å². The Balaban J connectivity index is 2.07. The predicted molar refractivity (Wildman–Crippen MR) is 64.2 cm³/mol. The summed E-state index contributed by atoms with van der Waals surface area (Å²) in [5.74, 6) is 0.616. The van der Waals surface area contributed by atoms with Gasteiger partial charge in [0, 0.05) is 5.71 Å². The molecule has 0 atom stereocenters. The SMILES string of the molecule is Cc1ccc2c(c1)N=C(C1CC1)CC(=O)N2. The summed E-state index contributed by atoms with van der Waals surface area (Å²) in [4.78, 5) is 16.3. The number of nitrogens with zero attached hydrogens (tertiary/aromatic N) is 1. The number of carbonyl (C=O) groups is 1. The third-order valence-electron chi connectivity index (χ3n) is 3.08. The van der Waals surface area contributed by atoms with Crippen LogP contribution in [0.1, 0.15) is 24.8 Å². The predicted octanol–water partition coefficient (Wildman–Crippen LogP) is 2.82. The number of nitrogens with one attached hydrogen (secondary N) is 1. The fourth-order valence-electron chi connectivity index (χ4n) is 2.05. The van der Waals surface area contributed by atoms with Crippen LogP contribution in [-0.2, 0) is 4.79 Å². The van der Waals surface area contributed by atoms with Crippen LogP contribution in [0.15, 0.2) is 23.2 Å².